The molecule has 0 saturated carbocycles. The van der Waals surface area contributed by atoms with Crippen molar-refractivity contribution < 1.29 is 19.1 Å². The second-order valence-corrected chi connectivity index (χ2v) is 7.48. The normalized spacial score (nSPS) is 13.2. The minimum atomic E-state index is -0.333. The van der Waals surface area contributed by atoms with Crippen molar-refractivity contribution in [3.63, 3.8) is 0 Å². The van der Waals surface area contributed by atoms with Crippen molar-refractivity contribution in [1.29, 1.82) is 0 Å². The number of rotatable bonds is 6. The second kappa shape index (κ2) is 9.10. The van der Waals surface area contributed by atoms with E-state index in [9.17, 15) is 9.59 Å². The van der Waals surface area contributed by atoms with Crippen LogP contribution in [0.1, 0.15) is 23.2 Å². The molecule has 1 aliphatic rings. The standard InChI is InChI=1S/C24H21ClN2O4/c1-30-21-8-2-3-9-22(21)31-20-12-11-17(25)15-19(20)26-24(29)16-6-4-7-18(14-16)27-13-5-10-23(27)28/h2-4,6-9,11-12,14-15H,5,10,13H2,1H3,(H,26,29). The average molecular weight is 437 g/mol. The van der Waals surface area contributed by atoms with Gasteiger partial charge >= 0.3 is 0 Å². The highest BCUT2D eigenvalue weighted by Crippen LogP contribution is 2.36. The van der Waals surface area contributed by atoms with Crippen molar-refractivity contribution in [2.45, 2.75) is 12.8 Å². The molecule has 1 saturated heterocycles. The number of anilines is 2. The molecule has 1 heterocycles. The van der Waals surface area contributed by atoms with E-state index >= 15 is 0 Å². The van der Waals surface area contributed by atoms with Crippen LogP contribution in [0, 0.1) is 0 Å². The fraction of sp³-hybridized carbons (Fsp3) is 0.167. The molecule has 4 rings (SSSR count). The van der Waals surface area contributed by atoms with Crippen LogP contribution in [0.15, 0.2) is 66.7 Å². The number of halogens is 1. The molecule has 3 aromatic carbocycles. The zero-order valence-electron chi connectivity index (χ0n) is 16.9. The molecule has 0 unspecified atom stereocenters. The third-order valence-corrected chi connectivity index (χ3v) is 5.21. The van der Waals surface area contributed by atoms with Gasteiger partial charge in [0, 0.05) is 29.2 Å². The van der Waals surface area contributed by atoms with E-state index in [1.54, 1.807) is 60.5 Å². The first-order valence-electron chi connectivity index (χ1n) is 9.87. The van der Waals surface area contributed by atoms with Crippen molar-refractivity contribution in [2.24, 2.45) is 0 Å². The summed E-state index contributed by atoms with van der Waals surface area (Å²) in [4.78, 5) is 26.7. The van der Waals surface area contributed by atoms with Crippen LogP contribution in [0.3, 0.4) is 0 Å². The van der Waals surface area contributed by atoms with Gasteiger partial charge < -0.3 is 19.7 Å². The number of nitrogens with zero attached hydrogens (tertiary/aromatic N) is 1. The Balaban J connectivity index is 1.59. The number of benzene rings is 3. The number of carbonyl (C=O) groups is 2. The van der Waals surface area contributed by atoms with Gasteiger partial charge in [0.1, 0.15) is 0 Å². The van der Waals surface area contributed by atoms with E-state index in [-0.39, 0.29) is 11.8 Å². The molecular weight excluding hydrogens is 416 g/mol. The van der Waals surface area contributed by atoms with Crippen LogP contribution < -0.4 is 19.7 Å². The summed E-state index contributed by atoms with van der Waals surface area (Å²) in [5.41, 5.74) is 1.57. The molecule has 0 bridgehead atoms. The molecule has 7 heteroatoms. The van der Waals surface area contributed by atoms with Gasteiger partial charge in [-0.05, 0) is 55.0 Å². The van der Waals surface area contributed by atoms with Crippen molar-refractivity contribution in [2.75, 3.05) is 23.9 Å². The summed E-state index contributed by atoms with van der Waals surface area (Å²) in [5.74, 6) is 1.24. The van der Waals surface area contributed by atoms with Crippen LogP contribution in [0.4, 0.5) is 11.4 Å². The van der Waals surface area contributed by atoms with E-state index in [0.717, 1.165) is 6.42 Å². The van der Waals surface area contributed by atoms with E-state index in [1.807, 2.05) is 18.2 Å². The Morgan fingerprint density at radius 3 is 2.55 bits per heavy atom. The Kier molecular flexibility index (Phi) is 6.09. The second-order valence-electron chi connectivity index (χ2n) is 7.05. The Morgan fingerprint density at radius 2 is 1.81 bits per heavy atom. The fourth-order valence-electron chi connectivity index (χ4n) is 3.44. The number of amides is 2. The van der Waals surface area contributed by atoms with E-state index in [2.05, 4.69) is 5.32 Å². The van der Waals surface area contributed by atoms with Crippen LogP contribution in [0.2, 0.25) is 5.02 Å². The molecule has 6 nitrogen and oxygen atoms in total. The lowest BCUT2D eigenvalue weighted by Gasteiger charge is -2.17. The van der Waals surface area contributed by atoms with Gasteiger partial charge in [-0.3, -0.25) is 9.59 Å². The third-order valence-electron chi connectivity index (χ3n) is 4.97. The van der Waals surface area contributed by atoms with Gasteiger partial charge in [-0.2, -0.15) is 0 Å². The smallest absolute Gasteiger partial charge is 0.255 e. The summed E-state index contributed by atoms with van der Waals surface area (Å²) in [6, 6.07) is 19.2. The van der Waals surface area contributed by atoms with Crippen LogP contribution in [0.25, 0.3) is 0 Å². The topological polar surface area (TPSA) is 67.9 Å². The summed E-state index contributed by atoms with van der Waals surface area (Å²) in [6.45, 7) is 0.662. The van der Waals surface area contributed by atoms with E-state index in [4.69, 9.17) is 21.1 Å². The van der Waals surface area contributed by atoms with Gasteiger partial charge in [0.25, 0.3) is 5.91 Å². The van der Waals surface area contributed by atoms with Crippen LogP contribution >= 0.6 is 11.6 Å². The number of methoxy groups -OCH3 is 1. The number of para-hydroxylation sites is 2. The number of nitrogens with one attached hydrogen (secondary N) is 1. The molecule has 1 aliphatic heterocycles. The molecule has 1 N–H and O–H groups in total. The summed E-state index contributed by atoms with van der Waals surface area (Å²) in [7, 11) is 1.56. The third kappa shape index (κ3) is 4.64. The monoisotopic (exact) mass is 436 g/mol. The first-order valence-corrected chi connectivity index (χ1v) is 10.2. The lowest BCUT2D eigenvalue weighted by atomic mass is 10.1. The fourth-order valence-corrected chi connectivity index (χ4v) is 3.61. The van der Waals surface area contributed by atoms with Crippen LogP contribution in [-0.2, 0) is 4.79 Å². The lowest BCUT2D eigenvalue weighted by Crippen LogP contribution is -2.24. The molecule has 31 heavy (non-hydrogen) atoms. The van der Waals surface area contributed by atoms with Gasteiger partial charge in [0.05, 0.1) is 12.8 Å². The molecule has 3 aromatic rings. The summed E-state index contributed by atoms with van der Waals surface area (Å²) in [6.07, 6.45) is 1.35. The molecule has 0 radical (unpaired) electrons. The Hall–Kier alpha value is -3.51. The Labute approximate surface area is 185 Å². The number of carbonyl (C=O) groups excluding carboxylic acids is 2. The largest absolute Gasteiger partial charge is 0.493 e. The van der Waals surface area contributed by atoms with Crippen molar-refractivity contribution in [3.05, 3.63) is 77.3 Å². The van der Waals surface area contributed by atoms with Crippen LogP contribution in [0.5, 0.6) is 17.2 Å². The van der Waals surface area contributed by atoms with E-state index in [0.29, 0.717) is 52.2 Å². The maximum absolute atomic E-state index is 13.0. The highest BCUT2D eigenvalue weighted by molar-refractivity contribution is 6.31. The van der Waals surface area contributed by atoms with Crippen molar-refractivity contribution in [3.8, 4) is 17.2 Å². The first-order chi connectivity index (χ1) is 15.0. The maximum Gasteiger partial charge on any atom is 0.255 e. The quantitative estimate of drug-likeness (QED) is 0.552. The molecule has 0 spiro atoms. The molecule has 1 fully saturated rings. The molecular formula is C24H21ClN2O4. The predicted molar refractivity (Wildman–Crippen MR) is 121 cm³/mol. The molecule has 158 valence electrons. The lowest BCUT2D eigenvalue weighted by molar-refractivity contribution is -0.117. The average Bonchev–Trinajstić information content (AvgIpc) is 3.22. The summed E-state index contributed by atoms with van der Waals surface area (Å²) in [5, 5.41) is 3.32. The zero-order valence-corrected chi connectivity index (χ0v) is 17.7. The number of ether oxygens (including phenoxy) is 2. The van der Waals surface area contributed by atoms with Gasteiger partial charge in [-0.15, -0.1) is 0 Å². The van der Waals surface area contributed by atoms with Gasteiger partial charge in [-0.25, -0.2) is 0 Å². The predicted octanol–water partition coefficient (Wildman–Crippen LogP) is 5.52. The van der Waals surface area contributed by atoms with E-state index < -0.39 is 0 Å². The molecule has 2 amide bonds. The zero-order chi connectivity index (χ0) is 21.8. The summed E-state index contributed by atoms with van der Waals surface area (Å²) < 4.78 is 11.3. The molecule has 0 atom stereocenters. The Morgan fingerprint density at radius 1 is 1.00 bits per heavy atom. The van der Waals surface area contributed by atoms with Crippen molar-refractivity contribution in [1.82, 2.24) is 0 Å². The number of hydrogen-bond acceptors (Lipinski definition) is 4. The highest BCUT2D eigenvalue weighted by atomic mass is 35.5. The van der Waals surface area contributed by atoms with Crippen LogP contribution in [-0.4, -0.2) is 25.5 Å². The SMILES string of the molecule is COc1ccccc1Oc1ccc(Cl)cc1NC(=O)c1cccc(N2CCCC2=O)c1. The van der Waals surface area contributed by atoms with Gasteiger partial charge in [-0.1, -0.05) is 29.8 Å². The highest BCUT2D eigenvalue weighted by Gasteiger charge is 2.22. The minimum absolute atomic E-state index is 0.0693. The minimum Gasteiger partial charge on any atom is -0.493 e. The summed E-state index contributed by atoms with van der Waals surface area (Å²) >= 11 is 6.16. The van der Waals surface area contributed by atoms with E-state index in [1.165, 1.54) is 0 Å². The number of hydrogen-bond donors (Lipinski definition) is 1. The van der Waals surface area contributed by atoms with Gasteiger partial charge in [0.2, 0.25) is 5.91 Å². The van der Waals surface area contributed by atoms with Crippen molar-refractivity contribution >= 4 is 34.8 Å². The van der Waals surface area contributed by atoms with Gasteiger partial charge in [0.15, 0.2) is 17.2 Å². The molecule has 0 aliphatic carbocycles. The Bertz CT molecular complexity index is 1130. The maximum atomic E-state index is 13.0. The molecule has 0 aromatic heterocycles. The first kappa shape index (κ1) is 20.8.